The molecule has 2 aliphatic carbocycles. The highest BCUT2D eigenvalue weighted by molar-refractivity contribution is 5.96. The molecule has 0 spiro atoms. The molecule has 4 N–H and O–H groups in total. The zero-order valence-electron chi connectivity index (χ0n) is 16.6. The van der Waals surface area contributed by atoms with Crippen LogP contribution in [0.4, 0.5) is 5.69 Å². The minimum absolute atomic E-state index is 0. The number of likely N-dealkylation sites (tertiary alicyclic amines) is 1. The van der Waals surface area contributed by atoms with Gasteiger partial charge < -0.3 is 21.3 Å². The number of hydrogen-bond acceptors (Lipinski definition) is 4. The van der Waals surface area contributed by atoms with Crippen LogP contribution in [0.25, 0.3) is 0 Å². The van der Waals surface area contributed by atoms with E-state index in [2.05, 4.69) is 15.5 Å². The average Bonchev–Trinajstić information content (AvgIpc) is 3.39. The van der Waals surface area contributed by atoms with Crippen molar-refractivity contribution in [3.63, 3.8) is 0 Å². The van der Waals surface area contributed by atoms with E-state index in [1.165, 1.54) is 12.8 Å². The number of fused-ring (bicyclic) bond motifs is 2. The summed E-state index contributed by atoms with van der Waals surface area (Å²) in [7, 11) is 0. The molecule has 3 aliphatic rings. The van der Waals surface area contributed by atoms with Gasteiger partial charge in [0, 0.05) is 30.4 Å². The van der Waals surface area contributed by atoms with E-state index >= 15 is 0 Å². The van der Waals surface area contributed by atoms with Gasteiger partial charge in [-0.1, -0.05) is 0 Å². The number of carbonyl (C=O) groups excluding carboxylic acids is 2. The van der Waals surface area contributed by atoms with Crippen molar-refractivity contribution in [1.29, 1.82) is 0 Å². The lowest BCUT2D eigenvalue weighted by atomic mass is 9.84. The topological polar surface area (TPSA) is 87.5 Å². The second-order valence-electron chi connectivity index (χ2n) is 8.31. The summed E-state index contributed by atoms with van der Waals surface area (Å²) in [5.41, 5.74) is 7.60. The van der Waals surface area contributed by atoms with E-state index in [0.29, 0.717) is 23.9 Å². The largest absolute Gasteiger partial charge is 0.351 e. The van der Waals surface area contributed by atoms with Crippen molar-refractivity contribution >= 4 is 42.3 Å². The predicted molar refractivity (Wildman–Crippen MR) is 120 cm³/mol. The van der Waals surface area contributed by atoms with Gasteiger partial charge in [0.15, 0.2) is 0 Å². The number of anilines is 1. The van der Waals surface area contributed by atoms with Gasteiger partial charge in [-0.25, -0.2) is 0 Å². The molecule has 4 rings (SSSR count). The quantitative estimate of drug-likeness (QED) is 0.631. The molecule has 1 aromatic carbocycles. The molecule has 0 radical (unpaired) electrons. The fraction of sp³-hybridized carbons (Fsp3) is 0.619. The normalized spacial score (nSPS) is 27.8. The Labute approximate surface area is 185 Å². The van der Waals surface area contributed by atoms with Crippen molar-refractivity contribution in [2.75, 3.05) is 31.5 Å². The molecule has 3 fully saturated rings. The van der Waals surface area contributed by atoms with E-state index in [4.69, 9.17) is 5.73 Å². The third-order valence-corrected chi connectivity index (χ3v) is 6.61. The fourth-order valence-corrected chi connectivity index (χ4v) is 5.09. The lowest BCUT2D eigenvalue weighted by molar-refractivity contribution is -0.121. The highest BCUT2D eigenvalue weighted by Gasteiger charge is 2.49. The van der Waals surface area contributed by atoms with Crippen LogP contribution in [0.5, 0.6) is 0 Å². The van der Waals surface area contributed by atoms with Crippen molar-refractivity contribution in [2.45, 2.75) is 38.1 Å². The summed E-state index contributed by atoms with van der Waals surface area (Å²) in [5, 5.41) is 5.96. The number of hydrogen-bond donors (Lipinski definition) is 3. The van der Waals surface area contributed by atoms with Gasteiger partial charge in [-0.3, -0.25) is 9.59 Å². The lowest BCUT2D eigenvalue weighted by Gasteiger charge is -2.27. The van der Waals surface area contributed by atoms with E-state index in [0.717, 1.165) is 44.6 Å². The van der Waals surface area contributed by atoms with Crippen molar-refractivity contribution in [3.8, 4) is 0 Å². The first-order valence-corrected chi connectivity index (χ1v) is 10.3. The highest BCUT2D eigenvalue weighted by Crippen LogP contribution is 2.47. The van der Waals surface area contributed by atoms with Gasteiger partial charge in [0.2, 0.25) is 5.91 Å². The molecule has 162 valence electrons. The highest BCUT2D eigenvalue weighted by atomic mass is 35.5. The van der Waals surface area contributed by atoms with Crippen LogP contribution in [0.15, 0.2) is 24.3 Å². The van der Waals surface area contributed by atoms with Gasteiger partial charge in [0.05, 0.1) is 5.92 Å². The van der Waals surface area contributed by atoms with Crippen LogP contribution in [0.3, 0.4) is 0 Å². The van der Waals surface area contributed by atoms with Crippen LogP contribution in [0.1, 0.15) is 42.5 Å². The van der Waals surface area contributed by atoms with Crippen molar-refractivity contribution in [3.05, 3.63) is 29.8 Å². The van der Waals surface area contributed by atoms with E-state index < -0.39 is 0 Å². The number of benzene rings is 1. The van der Waals surface area contributed by atoms with Crippen LogP contribution in [0, 0.1) is 17.8 Å². The van der Waals surface area contributed by atoms with Gasteiger partial charge in [-0.05, 0) is 81.3 Å². The van der Waals surface area contributed by atoms with Crippen LogP contribution in [0.2, 0.25) is 0 Å². The molecular weight excluding hydrogens is 411 g/mol. The summed E-state index contributed by atoms with van der Waals surface area (Å²) in [6, 6.07) is 7.12. The first-order valence-electron chi connectivity index (χ1n) is 10.3. The number of nitrogens with one attached hydrogen (secondary N) is 2. The minimum atomic E-state index is -0.0719. The Bertz CT molecular complexity index is 692. The van der Waals surface area contributed by atoms with Gasteiger partial charge in [0.1, 0.15) is 0 Å². The zero-order chi connectivity index (χ0) is 18.8. The summed E-state index contributed by atoms with van der Waals surface area (Å²) in [4.78, 5) is 27.3. The molecule has 4 unspecified atom stereocenters. The Morgan fingerprint density at radius 3 is 2.31 bits per heavy atom. The fourth-order valence-electron chi connectivity index (χ4n) is 5.09. The maximum Gasteiger partial charge on any atom is 0.251 e. The Kier molecular flexibility index (Phi) is 8.76. The molecule has 1 saturated heterocycles. The SMILES string of the molecule is Cl.Cl.NC1C2CCC(C2)C1C(=O)Nc1ccc(C(=O)NCCN2CCCC2)cc1. The molecule has 0 aromatic heterocycles. The first-order chi connectivity index (χ1) is 13.1. The molecule has 8 heteroatoms. The summed E-state index contributed by atoms with van der Waals surface area (Å²) in [6.07, 6.45) is 5.89. The molecular formula is C21H32Cl2N4O2. The van der Waals surface area contributed by atoms with Crippen molar-refractivity contribution in [2.24, 2.45) is 23.5 Å². The number of rotatable bonds is 6. The van der Waals surface area contributed by atoms with Crippen LogP contribution >= 0.6 is 24.8 Å². The molecule has 2 amide bonds. The van der Waals surface area contributed by atoms with Gasteiger partial charge in [0.25, 0.3) is 5.91 Å². The van der Waals surface area contributed by atoms with E-state index in [-0.39, 0.29) is 48.6 Å². The molecule has 2 bridgehead atoms. The number of amides is 2. The Morgan fingerprint density at radius 2 is 1.69 bits per heavy atom. The van der Waals surface area contributed by atoms with Crippen molar-refractivity contribution in [1.82, 2.24) is 10.2 Å². The summed E-state index contributed by atoms with van der Waals surface area (Å²) < 4.78 is 0. The van der Waals surface area contributed by atoms with Crippen LogP contribution in [-0.2, 0) is 4.79 Å². The smallest absolute Gasteiger partial charge is 0.251 e. The number of carbonyl (C=O) groups is 2. The lowest BCUT2D eigenvalue weighted by Crippen LogP contribution is -2.42. The second kappa shape index (κ2) is 10.6. The summed E-state index contributed by atoms with van der Waals surface area (Å²) in [5.74, 6) is 0.833. The monoisotopic (exact) mass is 442 g/mol. The molecule has 6 nitrogen and oxygen atoms in total. The van der Waals surface area contributed by atoms with Crippen molar-refractivity contribution < 1.29 is 9.59 Å². The zero-order valence-corrected chi connectivity index (χ0v) is 18.3. The van der Waals surface area contributed by atoms with Gasteiger partial charge in [-0.2, -0.15) is 0 Å². The molecule has 4 atom stereocenters. The maximum atomic E-state index is 12.6. The first kappa shape index (κ1) is 23.9. The van der Waals surface area contributed by atoms with Crippen LogP contribution in [-0.4, -0.2) is 48.9 Å². The van der Waals surface area contributed by atoms with E-state index in [1.807, 2.05) is 0 Å². The Hall–Kier alpha value is -1.34. The second-order valence-corrected chi connectivity index (χ2v) is 8.31. The maximum absolute atomic E-state index is 12.6. The minimum Gasteiger partial charge on any atom is -0.351 e. The Morgan fingerprint density at radius 1 is 1.03 bits per heavy atom. The van der Waals surface area contributed by atoms with Crippen LogP contribution < -0.4 is 16.4 Å². The molecule has 1 heterocycles. The van der Waals surface area contributed by atoms with E-state index in [1.54, 1.807) is 24.3 Å². The summed E-state index contributed by atoms with van der Waals surface area (Å²) >= 11 is 0. The molecule has 1 aromatic rings. The molecule has 2 saturated carbocycles. The summed E-state index contributed by atoms with van der Waals surface area (Å²) in [6.45, 7) is 3.84. The third kappa shape index (κ3) is 5.43. The van der Waals surface area contributed by atoms with Gasteiger partial charge in [-0.15, -0.1) is 24.8 Å². The number of nitrogens with zero attached hydrogens (tertiary/aromatic N) is 1. The Balaban J connectivity index is 0.00000150. The molecule has 29 heavy (non-hydrogen) atoms. The number of nitrogens with two attached hydrogens (primary N) is 1. The number of halogens is 2. The van der Waals surface area contributed by atoms with E-state index in [9.17, 15) is 9.59 Å². The molecule has 1 aliphatic heterocycles. The predicted octanol–water partition coefficient (Wildman–Crippen LogP) is 2.67. The van der Waals surface area contributed by atoms with Gasteiger partial charge >= 0.3 is 0 Å². The average molecular weight is 443 g/mol. The third-order valence-electron chi connectivity index (χ3n) is 6.61. The standard InChI is InChI=1S/C21H30N4O2.2ClH/c22-19-16-4-3-15(13-16)18(19)21(27)24-17-7-5-14(6-8-17)20(26)23-9-12-25-10-1-2-11-25;;/h5-8,15-16,18-19H,1-4,9-13,22H2,(H,23,26)(H,24,27);2*1H.